The molecular formula is C26H19N3O8. The Morgan fingerprint density at radius 3 is 2.30 bits per heavy atom. The first kappa shape index (κ1) is 24.7. The third-order valence-corrected chi connectivity index (χ3v) is 5.89. The SMILES string of the molecule is COc1ccc(/C(O)=C2/C(=O)C(=O)N(c3ccc(C#N)cc3)C2c2ccc(O)c([N+](=O)[O-])c2)cc1OC. The van der Waals surface area contributed by atoms with Crippen LogP contribution in [0.4, 0.5) is 11.4 Å². The lowest BCUT2D eigenvalue weighted by Crippen LogP contribution is -2.29. The van der Waals surface area contributed by atoms with Crippen LogP contribution >= 0.6 is 0 Å². The Morgan fingerprint density at radius 2 is 1.70 bits per heavy atom. The van der Waals surface area contributed by atoms with Crippen molar-refractivity contribution in [1.82, 2.24) is 0 Å². The van der Waals surface area contributed by atoms with Crippen molar-refractivity contribution in [3.8, 4) is 23.3 Å². The monoisotopic (exact) mass is 501 g/mol. The predicted octanol–water partition coefficient (Wildman–Crippen LogP) is 3.82. The van der Waals surface area contributed by atoms with Crippen molar-refractivity contribution in [2.24, 2.45) is 0 Å². The number of aliphatic hydroxyl groups is 1. The molecule has 0 saturated carbocycles. The Hall–Kier alpha value is -5.37. The molecule has 2 N–H and O–H groups in total. The molecule has 0 spiro atoms. The van der Waals surface area contributed by atoms with E-state index in [2.05, 4.69) is 0 Å². The zero-order valence-corrected chi connectivity index (χ0v) is 19.5. The number of nitriles is 1. The van der Waals surface area contributed by atoms with Crippen molar-refractivity contribution in [2.75, 3.05) is 19.1 Å². The first-order valence-corrected chi connectivity index (χ1v) is 10.7. The topological polar surface area (TPSA) is 163 Å². The zero-order chi connectivity index (χ0) is 26.9. The van der Waals surface area contributed by atoms with Gasteiger partial charge in [-0.1, -0.05) is 6.07 Å². The van der Waals surface area contributed by atoms with E-state index in [0.717, 1.165) is 17.0 Å². The first-order valence-electron chi connectivity index (χ1n) is 10.7. The smallest absolute Gasteiger partial charge is 0.311 e. The molecule has 3 aromatic carbocycles. The van der Waals surface area contributed by atoms with Crippen LogP contribution in [0.1, 0.15) is 22.7 Å². The highest BCUT2D eigenvalue weighted by Gasteiger charge is 2.47. The van der Waals surface area contributed by atoms with Crippen LogP contribution in [0.25, 0.3) is 5.76 Å². The molecule has 0 aliphatic carbocycles. The molecule has 0 aromatic heterocycles. The summed E-state index contributed by atoms with van der Waals surface area (Å²) in [6.45, 7) is 0. The van der Waals surface area contributed by atoms with Crippen LogP contribution in [-0.2, 0) is 9.59 Å². The van der Waals surface area contributed by atoms with Gasteiger partial charge in [0, 0.05) is 17.3 Å². The normalized spacial score (nSPS) is 16.4. The highest BCUT2D eigenvalue weighted by Crippen LogP contribution is 2.44. The molecule has 1 amide bonds. The van der Waals surface area contributed by atoms with E-state index in [1.807, 2.05) is 6.07 Å². The van der Waals surface area contributed by atoms with Crippen molar-refractivity contribution < 1.29 is 34.2 Å². The van der Waals surface area contributed by atoms with Crippen LogP contribution in [-0.4, -0.2) is 41.0 Å². The van der Waals surface area contributed by atoms with Crippen LogP contribution in [0.5, 0.6) is 17.2 Å². The molecule has 11 heteroatoms. The van der Waals surface area contributed by atoms with Gasteiger partial charge in [0.05, 0.1) is 42.4 Å². The lowest BCUT2D eigenvalue weighted by Gasteiger charge is -2.25. The largest absolute Gasteiger partial charge is 0.507 e. The molecule has 1 fully saturated rings. The zero-order valence-electron chi connectivity index (χ0n) is 19.5. The second-order valence-corrected chi connectivity index (χ2v) is 7.90. The molecule has 4 rings (SSSR count). The van der Waals surface area contributed by atoms with Crippen molar-refractivity contribution in [3.63, 3.8) is 0 Å². The van der Waals surface area contributed by atoms with Gasteiger partial charge < -0.3 is 19.7 Å². The number of ketones is 1. The lowest BCUT2D eigenvalue weighted by molar-refractivity contribution is -0.385. The van der Waals surface area contributed by atoms with Crippen LogP contribution in [0.2, 0.25) is 0 Å². The average Bonchev–Trinajstić information content (AvgIpc) is 3.18. The first-order chi connectivity index (χ1) is 17.7. The number of methoxy groups -OCH3 is 2. The number of benzene rings is 3. The summed E-state index contributed by atoms with van der Waals surface area (Å²) in [5.41, 5.74) is -0.227. The second kappa shape index (κ2) is 9.71. The van der Waals surface area contributed by atoms with E-state index in [1.165, 1.54) is 62.8 Å². The van der Waals surface area contributed by atoms with Gasteiger partial charge in [-0.05, 0) is 54.1 Å². The van der Waals surface area contributed by atoms with Gasteiger partial charge in [-0.15, -0.1) is 0 Å². The number of Topliss-reactive ketones (excluding diaryl/α,β-unsaturated/α-hetero) is 1. The molecule has 1 unspecified atom stereocenters. The minimum absolute atomic E-state index is 0.0927. The van der Waals surface area contributed by atoms with Gasteiger partial charge in [0.25, 0.3) is 11.7 Å². The highest BCUT2D eigenvalue weighted by molar-refractivity contribution is 6.51. The molecule has 1 aliphatic rings. The Kier molecular flexibility index (Phi) is 6.49. The summed E-state index contributed by atoms with van der Waals surface area (Å²) >= 11 is 0. The molecule has 1 aliphatic heterocycles. The molecule has 1 atom stereocenters. The van der Waals surface area contributed by atoms with E-state index in [4.69, 9.17) is 14.7 Å². The second-order valence-electron chi connectivity index (χ2n) is 7.90. The maximum Gasteiger partial charge on any atom is 0.311 e. The van der Waals surface area contributed by atoms with Gasteiger partial charge in [0.15, 0.2) is 17.2 Å². The van der Waals surface area contributed by atoms with Gasteiger partial charge in [0.2, 0.25) is 0 Å². The van der Waals surface area contributed by atoms with Crippen molar-refractivity contribution in [3.05, 3.63) is 93.0 Å². The summed E-state index contributed by atoms with van der Waals surface area (Å²) in [6, 6.07) is 14.2. The molecule has 186 valence electrons. The number of aliphatic hydroxyl groups excluding tert-OH is 1. The van der Waals surface area contributed by atoms with Crippen LogP contribution < -0.4 is 14.4 Å². The standard InChI is InChI=1S/C26H19N3O8/c1-36-20-10-6-16(12-21(20)37-2)24(31)22-23(15-5-9-19(30)18(11-15)29(34)35)28(26(33)25(22)32)17-7-3-14(13-27)4-8-17/h3-12,23,30-31H,1-2H3/b24-22-. The van der Waals surface area contributed by atoms with Gasteiger partial charge in [-0.25, -0.2) is 0 Å². The fourth-order valence-corrected chi connectivity index (χ4v) is 4.11. The number of nitro benzene ring substituents is 1. The fourth-order valence-electron chi connectivity index (χ4n) is 4.11. The molecular weight excluding hydrogens is 482 g/mol. The highest BCUT2D eigenvalue weighted by atomic mass is 16.6. The number of phenols is 1. The van der Waals surface area contributed by atoms with Gasteiger partial charge in [-0.2, -0.15) is 5.26 Å². The Labute approximate surface area is 210 Å². The number of rotatable bonds is 6. The summed E-state index contributed by atoms with van der Waals surface area (Å²) in [7, 11) is 2.82. The third kappa shape index (κ3) is 4.28. The molecule has 0 bridgehead atoms. The number of hydrogen-bond donors (Lipinski definition) is 2. The minimum atomic E-state index is -1.29. The Bertz CT molecular complexity index is 1510. The quantitative estimate of drug-likeness (QED) is 0.168. The van der Waals surface area contributed by atoms with E-state index >= 15 is 0 Å². The van der Waals surface area contributed by atoms with Gasteiger partial charge >= 0.3 is 5.69 Å². The van der Waals surface area contributed by atoms with E-state index in [-0.39, 0.29) is 28.1 Å². The number of phenolic OH excluding ortho intramolecular Hbond substituents is 1. The van der Waals surface area contributed by atoms with Crippen molar-refractivity contribution in [2.45, 2.75) is 6.04 Å². The number of nitrogens with zero attached hydrogens (tertiary/aromatic N) is 3. The number of amides is 1. The number of ether oxygens (including phenoxy) is 2. The number of carbonyl (C=O) groups is 2. The molecule has 11 nitrogen and oxygen atoms in total. The van der Waals surface area contributed by atoms with Gasteiger partial charge in [0.1, 0.15) is 5.76 Å². The summed E-state index contributed by atoms with van der Waals surface area (Å²) < 4.78 is 10.5. The van der Waals surface area contributed by atoms with E-state index in [0.29, 0.717) is 11.3 Å². The summed E-state index contributed by atoms with van der Waals surface area (Å²) in [6.07, 6.45) is 0. The van der Waals surface area contributed by atoms with Gasteiger partial charge in [-0.3, -0.25) is 24.6 Å². The lowest BCUT2D eigenvalue weighted by atomic mass is 9.94. The number of hydrogen-bond acceptors (Lipinski definition) is 9. The number of nitro groups is 1. The molecule has 1 heterocycles. The maximum absolute atomic E-state index is 13.3. The number of carbonyl (C=O) groups excluding carboxylic acids is 2. The number of anilines is 1. The predicted molar refractivity (Wildman–Crippen MR) is 130 cm³/mol. The summed E-state index contributed by atoms with van der Waals surface area (Å²) in [4.78, 5) is 38.3. The average molecular weight is 501 g/mol. The molecule has 37 heavy (non-hydrogen) atoms. The maximum atomic E-state index is 13.3. The fraction of sp³-hybridized carbons (Fsp3) is 0.115. The molecule has 1 saturated heterocycles. The Balaban J connectivity index is 1.98. The van der Waals surface area contributed by atoms with Crippen LogP contribution in [0, 0.1) is 21.4 Å². The van der Waals surface area contributed by atoms with E-state index in [1.54, 1.807) is 0 Å². The molecule has 3 aromatic rings. The van der Waals surface area contributed by atoms with E-state index < -0.39 is 39.9 Å². The van der Waals surface area contributed by atoms with Crippen LogP contribution in [0.3, 0.4) is 0 Å². The Morgan fingerprint density at radius 1 is 1.03 bits per heavy atom. The van der Waals surface area contributed by atoms with Crippen LogP contribution in [0.15, 0.2) is 66.2 Å². The summed E-state index contributed by atoms with van der Waals surface area (Å²) in [5.74, 6) is -2.56. The van der Waals surface area contributed by atoms with Crippen molar-refractivity contribution >= 4 is 28.8 Å². The molecule has 0 radical (unpaired) electrons. The summed E-state index contributed by atoms with van der Waals surface area (Å²) in [5, 5.41) is 41.8. The number of aromatic hydroxyl groups is 1. The minimum Gasteiger partial charge on any atom is -0.507 e. The third-order valence-electron chi connectivity index (χ3n) is 5.89. The van der Waals surface area contributed by atoms with E-state index in [9.17, 15) is 29.9 Å². The van der Waals surface area contributed by atoms with Crippen molar-refractivity contribution in [1.29, 1.82) is 5.26 Å².